The predicted octanol–water partition coefficient (Wildman–Crippen LogP) is 3.28. The molecule has 0 aromatic rings. The van der Waals surface area contributed by atoms with Crippen molar-refractivity contribution in [2.24, 2.45) is 0 Å². The van der Waals surface area contributed by atoms with Gasteiger partial charge in [-0.05, 0) is 36.1 Å². The van der Waals surface area contributed by atoms with Gasteiger partial charge in [0.05, 0.1) is 6.61 Å². The van der Waals surface area contributed by atoms with Gasteiger partial charge in [-0.2, -0.15) is 0 Å². The molecule has 0 N–H and O–H groups in total. The van der Waals surface area contributed by atoms with Crippen molar-refractivity contribution >= 4 is 33.3 Å². The molecule has 0 spiro atoms. The highest BCUT2D eigenvalue weighted by molar-refractivity contribution is 6.69. The molecule has 0 bridgehead atoms. The topological polar surface area (TPSA) is 44.8 Å². The van der Waals surface area contributed by atoms with Gasteiger partial charge in [0.15, 0.2) is 18.1 Å². The van der Waals surface area contributed by atoms with Crippen LogP contribution in [0.2, 0.25) is 29.7 Å². The van der Waals surface area contributed by atoms with E-state index in [0.717, 1.165) is 30.6 Å². The first kappa shape index (κ1) is 21.8. The van der Waals surface area contributed by atoms with E-state index in [0.29, 0.717) is 12.1 Å². The van der Waals surface area contributed by atoms with Crippen LogP contribution in [0.3, 0.4) is 0 Å². The number of hydrogen-bond donors (Lipinski definition) is 0. The van der Waals surface area contributed by atoms with E-state index in [1.165, 1.54) is 6.08 Å². The molecule has 0 fully saturated rings. The summed E-state index contributed by atoms with van der Waals surface area (Å²) in [7, 11) is -3.90. The van der Waals surface area contributed by atoms with E-state index in [2.05, 4.69) is 41.2 Å². The third kappa shape index (κ3) is 9.04. The molecule has 0 aliphatic heterocycles. The minimum atomic E-state index is -1.68. The number of hydrogen-bond acceptors (Lipinski definition) is 4. The van der Waals surface area contributed by atoms with Crippen LogP contribution in [0.4, 0.5) is 0 Å². The molecule has 0 rings (SSSR count). The molecular formula is C15H34O4Si3. The molecule has 0 amide bonds. The van der Waals surface area contributed by atoms with Crippen LogP contribution in [0.15, 0.2) is 12.7 Å². The lowest BCUT2D eigenvalue weighted by atomic mass is 10.3. The van der Waals surface area contributed by atoms with Gasteiger partial charge in [0.25, 0.3) is 0 Å². The van der Waals surface area contributed by atoms with E-state index < -0.39 is 27.4 Å². The smallest absolute Gasteiger partial charge is 0.330 e. The largest absolute Gasteiger partial charge is 0.463 e. The normalized spacial score (nSPS) is 12.9. The summed E-state index contributed by atoms with van der Waals surface area (Å²) in [6.07, 6.45) is 2.03. The first-order valence-corrected chi connectivity index (χ1v) is 14.4. The van der Waals surface area contributed by atoms with Gasteiger partial charge in [-0.25, -0.2) is 4.79 Å². The van der Waals surface area contributed by atoms with Crippen LogP contribution in [0.1, 0.15) is 41.0 Å². The second-order valence-electron chi connectivity index (χ2n) is 5.66. The van der Waals surface area contributed by atoms with Crippen LogP contribution >= 0.6 is 0 Å². The zero-order valence-electron chi connectivity index (χ0n) is 15.0. The van der Waals surface area contributed by atoms with E-state index in [9.17, 15) is 4.79 Å². The average Bonchev–Trinajstić information content (AvgIpc) is 2.54. The summed E-state index contributed by atoms with van der Waals surface area (Å²) in [6, 6.07) is 4.63. The average molecular weight is 363 g/mol. The lowest BCUT2D eigenvalue weighted by Crippen LogP contribution is -2.39. The summed E-state index contributed by atoms with van der Waals surface area (Å²) in [5.74, 6) is -0.351. The maximum absolute atomic E-state index is 11.1. The van der Waals surface area contributed by atoms with Gasteiger partial charge in [0.2, 0.25) is 0 Å². The molecule has 0 aromatic carbocycles. The zero-order chi connectivity index (χ0) is 17.0. The van der Waals surface area contributed by atoms with E-state index in [1.807, 2.05) is 0 Å². The third-order valence-corrected chi connectivity index (χ3v) is 14.1. The summed E-state index contributed by atoms with van der Waals surface area (Å²) in [6.45, 7) is 14.9. The molecule has 22 heavy (non-hydrogen) atoms. The Labute approximate surface area is 141 Å². The van der Waals surface area contributed by atoms with Crippen molar-refractivity contribution in [3.63, 3.8) is 0 Å². The number of carbonyl (C=O) groups excluding carboxylic acids is 1. The maximum atomic E-state index is 11.1. The zero-order valence-corrected chi connectivity index (χ0v) is 18.4. The van der Waals surface area contributed by atoms with Gasteiger partial charge in [-0.3, -0.25) is 0 Å². The van der Waals surface area contributed by atoms with E-state index in [-0.39, 0.29) is 5.97 Å². The summed E-state index contributed by atoms with van der Waals surface area (Å²) < 4.78 is 18.0. The highest BCUT2D eigenvalue weighted by Gasteiger charge is 2.27. The summed E-state index contributed by atoms with van der Waals surface area (Å²) in [4.78, 5) is 11.1. The fourth-order valence-electron chi connectivity index (χ4n) is 2.18. The Morgan fingerprint density at radius 2 is 1.50 bits per heavy atom. The lowest BCUT2D eigenvalue weighted by molar-refractivity contribution is -0.137. The fraction of sp³-hybridized carbons (Fsp3) is 0.800. The highest BCUT2D eigenvalue weighted by atomic mass is 28.4. The molecule has 0 heterocycles. The number of carbonyl (C=O) groups is 1. The van der Waals surface area contributed by atoms with Crippen LogP contribution < -0.4 is 0 Å². The number of esters is 1. The molecular weight excluding hydrogens is 328 g/mol. The first-order chi connectivity index (χ1) is 10.5. The Morgan fingerprint density at radius 1 is 1.05 bits per heavy atom. The van der Waals surface area contributed by atoms with Crippen LogP contribution in [0.5, 0.6) is 0 Å². The van der Waals surface area contributed by atoms with Crippen molar-refractivity contribution in [2.75, 3.05) is 6.61 Å². The van der Waals surface area contributed by atoms with Gasteiger partial charge in [-0.15, -0.1) is 0 Å². The minimum Gasteiger partial charge on any atom is -0.463 e. The van der Waals surface area contributed by atoms with Gasteiger partial charge < -0.3 is 13.0 Å². The monoisotopic (exact) mass is 362 g/mol. The molecule has 0 aliphatic carbocycles. The first-order valence-electron chi connectivity index (χ1n) is 8.62. The number of ether oxygens (including phenoxy) is 1. The molecule has 0 aliphatic rings. The lowest BCUT2D eigenvalue weighted by Gasteiger charge is -2.29. The van der Waals surface area contributed by atoms with Crippen molar-refractivity contribution in [3.8, 4) is 0 Å². The second kappa shape index (κ2) is 13.2. The Balaban J connectivity index is 4.58. The summed E-state index contributed by atoms with van der Waals surface area (Å²) >= 11 is 0. The quantitative estimate of drug-likeness (QED) is 0.286. The summed E-state index contributed by atoms with van der Waals surface area (Å²) in [5.41, 5.74) is 0.374. The predicted molar refractivity (Wildman–Crippen MR) is 101 cm³/mol. The van der Waals surface area contributed by atoms with Gasteiger partial charge >= 0.3 is 15.3 Å². The Hall–Kier alpha value is -0.219. The Bertz CT molecular complexity index is 293. The molecule has 130 valence electrons. The van der Waals surface area contributed by atoms with Crippen LogP contribution in [-0.2, 0) is 17.8 Å². The molecule has 0 radical (unpaired) electrons. The molecule has 1 unspecified atom stereocenters. The van der Waals surface area contributed by atoms with Crippen molar-refractivity contribution in [2.45, 2.75) is 70.8 Å². The van der Waals surface area contributed by atoms with E-state index in [1.54, 1.807) is 0 Å². The van der Waals surface area contributed by atoms with Gasteiger partial charge in [0.1, 0.15) is 0 Å². The Morgan fingerprint density at radius 3 is 1.86 bits per heavy atom. The molecule has 7 heteroatoms. The van der Waals surface area contributed by atoms with Crippen molar-refractivity contribution in [1.82, 2.24) is 0 Å². The van der Waals surface area contributed by atoms with Gasteiger partial charge in [-0.1, -0.05) is 41.2 Å². The standard InChI is InChI=1S/C15H34O4Si3/c1-7-15(16)17-13-12-14(6)22(18-20(8-2)9-3)19-21(10-4)11-5/h7,14,20-22H,1,8-13H2,2-6H3. The third-order valence-electron chi connectivity index (χ3n) is 3.92. The fourth-order valence-corrected chi connectivity index (χ4v) is 12.8. The van der Waals surface area contributed by atoms with Crippen molar-refractivity contribution < 1.29 is 17.8 Å². The van der Waals surface area contributed by atoms with Crippen LogP contribution in [-0.4, -0.2) is 39.9 Å². The minimum absolute atomic E-state index is 0.351. The second-order valence-corrected chi connectivity index (χ2v) is 15.5. The molecule has 0 aromatic heterocycles. The summed E-state index contributed by atoms with van der Waals surface area (Å²) in [5, 5.41) is 0. The van der Waals surface area contributed by atoms with Crippen molar-refractivity contribution in [3.05, 3.63) is 12.7 Å². The molecule has 4 nitrogen and oxygen atoms in total. The van der Waals surface area contributed by atoms with Crippen molar-refractivity contribution in [1.29, 1.82) is 0 Å². The SMILES string of the molecule is C=CC(=O)OCCC(C)[SiH](O[SiH](CC)CC)O[SiH](CC)CC. The van der Waals surface area contributed by atoms with Crippen LogP contribution in [0, 0.1) is 0 Å². The molecule has 0 saturated heterocycles. The van der Waals surface area contributed by atoms with Gasteiger partial charge in [0, 0.05) is 6.08 Å². The molecule has 0 saturated carbocycles. The Kier molecular flexibility index (Phi) is 13.1. The highest BCUT2D eigenvalue weighted by Crippen LogP contribution is 2.21. The maximum Gasteiger partial charge on any atom is 0.330 e. The molecule has 1 atom stereocenters. The van der Waals surface area contributed by atoms with E-state index in [4.69, 9.17) is 13.0 Å². The van der Waals surface area contributed by atoms with Crippen LogP contribution in [0.25, 0.3) is 0 Å². The van der Waals surface area contributed by atoms with E-state index >= 15 is 0 Å². The number of rotatable bonds is 13.